The standard InChI is InChI=1S/C25H22ClN3O3/c1-16-7-10-19(26)14-22(16)28-24(31)17-8-11-20(12-9-17)27-25(32)18-13-23(30)29(15-18)21-5-3-2-4-6-21/h2-12,14,18H,13,15H2,1H3,(H,27,32)(H,28,31). The molecule has 1 fully saturated rings. The van der Waals surface area contributed by atoms with Crippen LogP contribution >= 0.6 is 11.6 Å². The molecular formula is C25H22ClN3O3. The summed E-state index contributed by atoms with van der Waals surface area (Å²) in [4.78, 5) is 39.2. The third-order valence-corrected chi connectivity index (χ3v) is 5.66. The molecule has 0 aliphatic carbocycles. The second-order valence-corrected chi connectivity index (χ2v) is 8.16. The van der Waals surface area contributed by atoms with Crippen LogP contribution in [0.3, 0.4) is 0 Å². The van der Waals surface area contributed by atoms with Crippen molar-refractivity contribution in [3.8, 4) is 0 Å². The number of para-hydroxylation sites is 1. The van der Waals surface area contributed by atoms with Gasteiger partial charge in [-0.3, -0.25) is 14.4 Å². The number of aryl methyl sites for hydroxylation is 1. The Morgan fingerprint density at radius 2 is 1.69 bits per heavy atom. The number of benzene rings is 3. The van der Waals surface area contributed by atoms with Gasteiger partial charge >= 0.3 is 0 Å². The number of nitrogens with one attached hydrogen (secondary N) is 2. The Bertz CT molecular complexity index is 1160. The predicted molar refractivity (Wildman–Crippen MR) is 126 cm³/mol. The number of nitrogens with zero attached hydrogens (tertiary/aromatic N) is 1. The average Bonchev–Trinajstić information content (AvgIpc) is 3.19. The molecule has 3 aromatic carbocycles. The number of carbonyl (C=O) groups is 3. The van der Waals surface area contributed by atoms with E-state index in [9.17, 15) is 14.4 Å². The highest BCUT2D eigenvalue weighted by atomic mass is 35.5. The molecule has 32 heavy (non-hydrogen) atoms. The van der Waals surface area contributed by atoms with Crippen LogP contribution in [-0.2, 0) is 9.59 Å². The summed E-state index contributed by atoms with van der Waals surface area (Å²) < 4.78 is 0. The first-order valence-electron chi connectivity index (χ1n) is 10.2. The lowest BCUT2D eigenvalue weighted by atomic mass is 10.1. The van der Waals surface area contributed by atoms with Crippen LogP contribution in [0, 0.1) is 12.8 Å². The van der Waals surface area contributed by atoms with Crippen molar-refractivity contribution in [2.75, 3.05) is 22.1 Å². The molecule has 0 radical (unpaired) electrons. The van der Waals surface area contributed by atoms with E-state index >= 15 is 0 Å². The van der Waals surface area contributed by atoms with Gasteiger partial charge in [-0.25, -0.2) is 0 Å². The minimum absolute atomic E-state index is 0.0697. The second kappa shape index (κ2) is 9.24. The van der Waals surface area contributed by atoms with E-state index in [4.69, 9.17) is 11.6 Å². The number of anilines is 3. The predicted octanol–water partition coefficient (Wildman–Crippen LogP) is 4.89. The fourth-order valence-corrected chi connectivity index (χ4v) is 3.79. The van der Waals surface area contributed by atoms with Crippen molar-refractivity contribution in [1.82, 2.24) is 0 Å². The molecule has 7 heteroatoms. The van der Waals surface area contributed by atoms with Crippen molar-refractivity contribution in [2.24, 2.45) is 5.92 Å². The number of halogens is 1. The SMILES string of the molecule is Cc1ccc(Cl)cc1NC(=O)c1ccc(NC(=O)C2CC(=O)N(c3ccccc3)C2)cc1. The Morgan fingerprint density at radius 3 is 2.41 bits per heavy atom. The topological polar surface area (TPSA) is 78.5 Å². The molecule has 3 amide bonds. The Labute approximate surface area is 191 Å². The maximum absolute atomic E-state index is 12.7. The Kier molecular flexibility index (Phi) is 6.23. The summed E-state index contributed by atoms with van der Waals surface area (Å²) in [6, 6.07) is 21.2. The first-order chi connectivity index (χ1) is 15.4. The van der Waals surface area contributed by atoms with Gasteiger partial charge in [0.05, 0.1) is 5.92 Å². The molecule has 1 aliphatic rings. The number of hydrogen-bond donors (Lipinski definition) is 2. The van der Waals surface area contributed by atoms with Crippen molar-refractivity contribution in [2.45, 2.75) is 13.3 Å². The smallest absolute Gasteiger partial charge is 0.255 e. The van der Waals surface area contributed by atoms with Gasteiger partial charge in [0.1, 0.15) is 0 Å². The number of hydrogen-bond acceptors (Lipinski definition) is 3. The monoisotopic (exact) mass is 447 g/mol. The van der Waals surface area contributed by atoms with Crippen LogP contribution in [0.1, 0.15) is 22.3 Å². The van der Waals surface area contributed by atoms with Crippen molar-refractivity contribution < 1.29 is 14.4 Å². The molecule has 1 heterocycles. The molecule has 3 aromatic rings. The average molecular weight is 448 g/mol. The molecule has 1 aliphatic heterocycles. The van der Waals surface area contributed by atoms with Gasteiger partial charge in [0.2, 0.25) is 11.8 Å². The van der Waals surface area contributed by atoms with Gasteiger partial charge < -0.3 is 15.5 Å². The minimum atomic E-state index is -0.434. The molecule has 162 valence electrons. The van der Waals surface area contributed by atoms with Gasteiger partial charge in [-0.05, 0) is 61.0 Å². The summed E-state index contributed by atoms with van der Waals surface area (Å²) in [7, 11) is 0. The summed E-state index contributed by atoms with van der Waals surface area (Å²) >= 11 is 6.01. The third kappa shape index (κ3) is 4.81. The molecule has 0 spiro atoms. The van der Waals surface area contributed by atoms with E-state index in [0.717, 1.165) is 11.3 Å². The van der Waals surface area contributed by atoms with Gasteiger partial charge in [-0.2, -0.15) is 0 Å². The summed E-state index contributed by atoms with van der Waals surface area (Å²) in [5, 5.41) is 6.23. The molecule has 0 aromatic heterocycles. The highest BCUT2D eigenvalue weighted by Crippen LogP contribution is 2.26. The van der Waals surface area contributed by atoms with E-state index in [-0.39, 0.29) is 24.1 Å². The zero-order valence-electron chi connectivity index (χ0n) is 17.5. The van der Waals surface area contributed by atoms with E-state index in [1.54, 1.807) is 41.3 Å². The summed E-state index contributed by atoms with van der Waals surface area (Å²) in [6.45, 7) is 2.23. The first-order valence-corrected chi connectivity index (χ1v) is 10.6. The molecule has 1 saturated heterocycles. The van der Waals surface area contributed by atoms with Crippen LogP contribution in [0.15, 0.2) is 72.8 Å². The third-order valence-electron chi connectivity index (χ3n) is 5.43. The molecule has 2 N–H and O–H groups in total. The lowest BCUT2D eigenvalue weighted by molar-refractivity contribution is -0.122. The fourth-order valence-electron chi connectivity index (χ4n) is 3.61. The van der Waals surface area contributed by atoms with E-state index in [1.807, 2.05) is 43.3 Å². The molecule has 1 unspecified atom stereocenters. The largest absolute Gasteiger partial charge is 0.326 e. The van der Waals surface area contributed by atoms with Crippen molar-refractivity contribution in [1.29, 1.82) is 0 Å². The summed E-state index contributed by atoms with van der Waals surface area (Å²) in [5.41, 5.74) is 3.36. The Hall–Kier alpha value is -3.64. The lowest BCUT2D eigenvalue weighted by Crippen LogP contribution is -2.28. The van der Waals surface area contributed by atoms with E-state index in [2.05, 4.69) is 10.6 Å². The number of carbonyl (C=O) groups excluding carboxylic acids is 3. The maximum atomic E-state index is 12.7. The fraction of sp³-hybridized carbons (Fsp3) is 0.160. The van der Waals surface area contributed by atoms with Crippen LogP contribution in [0.2, 0.25) is 5.02 Å². The van der Waals surface area contributed by atoms with Crippen LogP contribution in [0.4, 0.5) is 17.1 Å². The normalized spacial score (nSPS) is 15.5. The molecule has 0 bridgehead atoms. The maximum Gasteiger partial charge on any atom is 0.255 e. The van der Waals surface area contributed by atoms with Crippen LogP contribution < -0.4 is 15.5 Å². The van der Waals surface area contributed by atoms with Crippen molar-refractivity contribution >= 4 is 46.4 Å². The highest BCUT2D eigenvalue weighted by Gasteiger charge is 2.35. The van der Waals surface area contributed by atoms with E-state index in [1.165, 1.54) is 0 Å². The molecule has 1 atom stereocenters. The number of amides is 3. The summed E-state index contributed by atoms with van der Waals surface area (Å²) in [6.07, 6.45) is 0.167. The van der Waals surface area contributed by atoms with Gasteiger partial charge in [0.15, 0.2) is 0 Å². The van der Waals surface area contributed by atoms with Gasteiger partial charge in [0.25, 0.3) is 5.91 Å². The van der Waals surface area contributed by atoms with E-state index < -0.39 is 5.92 Å². The minimum Gasteiger partial charge on any atom is -0.326 e. The Balaban J connectivity index is 1.37. The van der Waals surface area contributed by atoms with Crippen LogP contribution in [0.25, 0.3) is 0 Å². The molecule has 4 rings (SSSR count). The quantitative estimate of drug-likeness (QED) is 0.584. The summed E-state index contributed by atoms with van der Waals surface area (Å²) in [5.74, 6) is -0.993. The number of rotatable bonds is 5. The highest BCUT2D eigenvalue weighted by molar-refractivity contribution is 6.31. The first kappa shape index (κ1) is 21.6. The molecular weight excluding hydrogens is 426 g/mol. The molecule has 6 nitrogen and oxygen atoms in total. The zero-order chi connectivity index (χ0) is 22.7. The van der Waals surface area contributed by atoms with Gasteiger partial charge in [-0.15, -0.1) is 0 Å². The zero-order valence-corrected chi connectivity index (χ0v) is 18.2. The van der Waals surface area contributed by atoms with E-state index in [0.29, 0.717) is 28.5 Å². The lowest BCUT2D eigenvalue weighted by Gasteiger charge is -2.16. The molecule has 0 saturated carbocycles. The Morgan fingerprint density at radius 1 is 0.969 bits per heavy atom. The van der Waals surface area contributed by atoms with Crippen LogP contribution in [-0.4, -0.2) is 24.3 Å². The van der Waals surface area contributed by atoms with Crippen LogP contribution in [0.5, 0.6) is 0 Å². The second-order valence-electron chi connectivity index (χ2n) is 7.72. The van der Waals surface area contributed by atoms with Crippen molar-refractivity contribution in [3.05, 3.63) is 88.9 Å². The van der Waals surface area contributed by atoms with Gasteiger partial charge in [-0.1, -0.05) is 35.9 Å². The van der Waals surface area contributed by atoms with Crippen molar-refractivity contribution in [3.63, 3.8) is 0 Å². The van der Waals surface area contributed by atoms with Gasteiger partial charge in [0, 0.05) is 40.6 Å².